The number of alkyl carbamates (subject to hydrolysis) is 1. The van der Waals surface area contributed by atoms with Gasteiger partial charge in [-0.15, -0.1) is 0 Å². The Morgan fingerprint density at radius 3 is 2.24 bits per heavy atom. The van der Waals surface area contributed by atoms with Gasteiger partial charge in [-0.3, -0.25) is 5.32 Å². The molecule has 1 saturated heterocycles. The molecular weight excluding hydrogens is 376 g/mol. The zero-order valence-electron chi connectivity index (χ0n) is 17.3. The van der Waals surface area contributed by atoms with E-state index in [0.29, 0.717) is 31.5 Å². The summed E-state index contributed by atoms with van der Waals surface area (Å²) in [5.74, 6) is -0.651. The second kappa shape index (κ2) is 9.95. The Bertz CT molecular complexity index is 757. The van der Waals surface area contributed by atoms with Crippen LogP contribution in [0.5, 0.6) is 0 Å². The molecule has 8 heteroatoms. The fourth-order valence-electron chi connectivity index (χ4n) is 2.78. The molecule has 8 nitrogen and oxygen atoms in total. The lowest BCUT2D eigenvalue weighted by molar-refractivity contribution is -0.136. The third-order valence-corrected chi connectivity index (χ3v) is 4.20. The first-order valence-electron chi connectivity index (χ1n) is 9.45. The van der Waals surface area contributed by atoms with E-state index >= 15 is 0 Å². The highest BCUT2D eigenvalue weighted by molar-refractivity contribution is 5.93. The van der Waals surface area contributed by atoms with Crippen molar-refractivity contribution in [3.05, 3.63) is 47.2 Å². The normalized spacial score (nSPS) is 14.1. The molecule has 0 radical (unpaired) electrons. The molecule has 2 amide bonds. The number of nitrogens with one attached hydrogen (secondary N) is 1. The molecule has 0 saturated carbocycles. The molecule has 0 atom stereocenters. The summed E-state index contributed by atoms with van der Waals surface area (Å²) in [7, 11) is 1.25. The van der Waals surface area contributed by atoms with Gasteiger partial charge in [0.1, 0.15) is 17.9 Å². The standard InChI is InChI=1S/C21H28N2O6/c1-21(2,3)29-20(26)23-12-10-16(11-13-23)17(18(24)27-4)22-19(25)28-14-15-8-6-5-7-9-15/h5-9H,10-14H2,1-4H3,(H,22,25). The van der Waals surface area contributed by atoms with Gasteiger partial charge in [-0.25, -0.2) is 14.4 Å². The summed E-state index contributed by atoms with van der Waals surface area (Å²) in [6.45, 7) is 6.27. The Balaban J connectivity index is 1.98. The molecule has 0 bridgehead atoms. The van der Waals surface area contributed by atoms with Gasteiger partial charge in [0.2, 0.25) is 0 Å². The Morgan fingerprint density at radius 2 is 1.69 bits per heavy atom. The maximum Gasteiger partial charge on any atom is 0.412 e. The van der Waals surface area contributed by atoms with Crippen LogP contribution in [0.25, 0.3) is 0 Å². The first-order valence-corrected chi connectivity index (χ1v) is 9.45. The van der Waals surface area contributed by atoms with Crippen molar-refractivity contribution in [2.45, 2.75) is 45.8 Å². The summed E-state index contributed by atoms with van der Waals surface area (Å²) in [5.41, 5.74) is 1.03. The third-order valence-electron chi connectivity index (χ3n) is 4.20. The summed E-state index contributed by atoms with van der Waals surface area (Å²) in [5, 5.41) is 2.50. The Hall–Kier alpha value is -3.03. The molecule has 0 spiro atoms. The zero-order valence-corrected chi connectivity index (χ0v) is 17.3. The number of amides is 2. The largest absolute Gasteiger partial charge is 0.464 e. The minimum Gasteiger partial charge on any atom is -0.464 e. The Labute approximate surface area is 170 Å². The molecule has 1 heterocycles. The lowest BCUT2D eigenvalue weighted by Gasteiger charge is -2.31. The van der Waals surface area contributed by atoms with Crippen molar-refractivity contribution >= 4 is 18.2 Å². The van der Waals surface area contributed by atoms with Crippen molar-refractivity contribution in [1.82, 2.24) is 10.2 Å². The minimum absolute atomic E-state index is 0.0643. The maximum atomic E-state index is 12.2. The molecule has 0 aliphatic carbocycles. The van der Waals surface area contributed by atoms with Gasteiger partial charge < -0.3 is 19.1 Å². The highest BCUT2D eigenvalue weighted by Crippen LogP contribution is 2.22. The monoisotopic (exact) mass is 404 g/mol. The van der Waals surface area contributed by atoms with Gasteiger partial charge in [0.15, 0.2) is 0 Å². The highest BCUT2D eigenvalue weighted by Gasteiger charge is 2.28. The highest BCUT2D eigenvalue weighted by atomic mass is 16.6. The van der Waals surface area contributed by atoms with Crippen molar-refractivity contribution in [3.8, 4) is 0 Å². The number of rotatable bonds is 4. The second-order valence-corrected chi connectivity index (χ2v) is 7.62. The van der Waals surface area contributed by atoms with Gasteiger partial charge in [0.25, 0.3) is 0 Å². The number of carbonyl (C=O) groups excluding carboxylic acids is 3. The first kappa shape index (κ1) is 22.3. The van der Waals surface area contributed by atoms with Crippen molar-refractivity contribution in [2.24, 2.45) is 0 Å². The summed E-state index contributed by atoms with van der Waals surface area (Å²) in [6.07, 6.45) is -0.298. The molecule has 1 aliphatic rings. The van der Waals surface area contributed by atoms with Crippen LogP contribution in [0, 0.1) is 0 Å². The van der Waals surface area contributed by atoms with E-state index in [-0.39, 0.29) is 12.3 Å². The van der Waals surface area contributed by atoms with E-state index in [2.05, 4.69) is 5.32 Å². The van der Waals surface area contributed by atoms with Crippen LogP contribution in [0.3, 0.4) is 0 Å². The topological polar surface area (TPSA) is 94.2 Å². The van der Waals surface area contributed by atoms with Gasteiger partial charge in [-0.2, -0.15) is 0 Å². The molecule has 0 unspecified atom stereocenters. The molecule has 1 aliphatic heterocycles. The molecule has 1 aromatic carbocycles. The third kappa shape index (κ3) is 7.14. The number of piperidine rings is 1. The molecule has 1 fully saturated rings. The van der Waals surface area contributed by atoms with Gasteiger partial charge in [0.05, 0.1) is 7.11 Å². The zero-order chi connectivity index (χ0) is 21.4. The average Bonchev–Trinajstić information content (AvgIpc) is 2.69. The van der Waals surface area contributed by atoms with Gasteiger partial charge in [-0.1, -0.05) is 30.3 Å². The van der Waals surface area contributed by atoms with E-state index in [1.165, 1.54) is 7.11 Å². The van der Waals surface area contributed by atoms with E-state index in [4.69, 9.17) is 14.2 Å². The SMILES string of the molecule is COC(=O)C(NC(=O)OCc1ccccc1)=C1CCN(C(=O)OC(C)(C)C)CC1. The lowest BCUT2D eigenvalue weighted by Crippen LogP contribution is -2.41. The van der Waals surface area contributed by atoms with Crippen LogP contribution in [0.2, 0.25) is 0 Å². The van der Waals surface area contributed by atoms with Crippen LogP contribution in [0.4, 0.5) is 9.59 Å². The van der Waals surface area contributed by atoms with Crippen molar-refractivity contribution in [3.63, 3.8) is 0 Å². The van der Waals surface area contributed by atoms with Crippen LogP contribution in [0.1, 0.15) is 39.2 Å². The fraction of sp³-hybridized carbons (Fsp3) is 0.476. The number of likely N-dealkylation sites (tertiary alicyclic amines) is 1. The molecular formula is C21H28N2O6. The number of esters is 1. The maximum absolute atomic E-state index is 12.2. The first-order chi connectivity index (χ1) is 13.7. The number of hydrogen-bond acceptors (Lipinski definition) is 6. The predicted molar refractivity (Wildman–Crippen MR) is 106 cm³/mol. The van der Waals surface area contributed by atoms with E-state index in [1.54, 1.807) is 25.7 Å². The van der Waals surface area contributed by atoms with Crippen molar-refractivity contribution in [1.29, 1.82) is 0 Å². The quantitative estimate of drug-likeness (QED) is 0.470. The molecule has 1 N–H and O–H groups in total. The number of ether oxygens (including phenoxy) is 3. The minimum atomic E-state index is -0.740. The summed E-state index contributed by atoms with van der Waals surface area (Å²) >= 11 is 0. The second-order valence-electron chi connectivity index (χ2n) is 7.62. The van der Waals surface area contributed by atoms with Crippen LogP contribution >= 0.6 is 0 Å². The van der Waals surface area contributed by atoms with E-state index in [0.717, 1.165) is 5.56 Å². The number of nitrogens with zero attached hydrogens (tertiary/aromatic N) is 1. The molecule has 2 rings (SSSR count). The smallest absolute Gasteiger partial charge is 0.412 e. The average molecular weight is 404 g/mol. The van der Waals surface area contributed by atoms with Gasteiger partial charge in [0, 0.05) is 13.1 Å². The summed E-state index contributed by atoms with van der Waals surface area (Å²) in [6, 6.07) is 9.22. The number of methoxy groups -OCH3 is 1. The molecule has 29 heavy (non-hydrogen) atoms. The molecule has 158 valence electrons. The van der Waals surface area contributed by atoms with Crippen molar-refractivity contribution in [2.75, 3.05) is 20.2 Å². The van der Waals surface area contributed by atoms with Crippen LogP contribution in [-0.2, 0) is 25.6 Å². The molecule has 1 aromatic rings. The van der Waals surface area contributed by atoms with E-state index in [9.17, 15) is 14.4 Å². The van der Waals surface area contributed by atoms with Crippen LogP contribution in [0.15, 0.2) is 41.6 Å². The van der Waals surface area contributed by atoms with Gasteiger partial charge >= 0.3 is 18.2 Å². The lowest BCUT2D eigenvalue weighted by atomic mass is 10.0. The van der Waals surface area contributed by atoms with Crippen molar-refractivity contribution < 1.29 is 28.6 Å². The van der Waals surface area contributed by atoms with E-state index in [1.807, 2.05) is 30.3 Å². The molecule has 0 aromatic heterocycles. The summed E-state index contributed by atoms with van der Waals surface area (Å²) in [4.78, 5) is 38.1. The number of carbonyl (C=O) groups is 3. The van der Waals surface area contributed by atoms with Gasteiger partial charge in [-0.05, 0) is 44.7 Å². The number of hydrogen-bond donors (Lipinski definition) is 1. The Morgan fingerprint density at radius 1 is 1.07 bits per heavy atom. The predicted octanol–water partition coefficient (Wildman–Crippen LogP) is 3.37. The fourth-order valence-corrected chi connectivity index (χ4v) is 2.78. The number of benzene rings is 1. The summed E-state index contributed by atoms with van der Waals surface area (Å²) < 4.78 is 15.3. The van der Waals surface area contributed by atoms with Crippen LogP contribution < -0.4 is 5.32 Å². The van der Waals surface area contributed by atoms with E-state index < -0.39 is 23.8 Å². The van der Waals surface area contributed by atoms with Crippen LogP contribution in [-0.4, -0.2) is 48.9 Å². The Kier molecular flexibility index (Phi) is 7.64.